The molecule has 0 atom stereocenters. The zero-order valence-corrected chi connectivity index (χ0v) is 12.0. The van der Waals surface area contributed by atoms with Crippen LogP contribution < -0.4 is 4.74 Å². The molecule has 0 amide bonds. The summed E-state index contributed by atoms with van der Waals surface area (Å²) < 4.78 is 11.3. The summed E-state index contributed by atoms with van der Waals surface area (Å²) in [6.07, 6.45) is 0. The Balaban J connectivity index is 1.71. The van der Waals surface area contributed by atoms with Gasteiger partial charge in [-0.2, -0.15) is 0 Å². The maximum Gasteiger partial charge on any atom is 0.254 e. The lowest BCUT2D eigenvalue weighted by Gasteiger charge is -2.03. The average Bonchev–Trinajstić information content (AvgIpc) is 2.96. The molecule has 0 radical (unpaired) electrons. The summed E-state index contributed by atoms with van der Waals surface area (Å²) >= 11 is 0. The number of benzene rings is 2. The van der Waals surface area contributed by atoms with Crippen LogP contribution in [0.4, 0.5) is 0 Å². The zero-order chi connectivity index (χ0) is 14.7. The Kier molecular flexibility index (Phi) is 3.69. The van der Waals surface area contributed by atoms with Crippen LogP contribution in [0.1, 0.15) is 17.0 Å². The second kappa shape index (κ2) is 5.79. The molecule has 4 nitrogen and oxygen atoms in total. The van der Waals surface area contributed by atoms with Crippen LogP contribution in [-0.2, 0) is 6.61 Å². The lowest BCUT2D eigenvalue weighted by atomic mass is 10.1. The maximum atomic E-state index is 5.65. The molecule has 2 aromatic carbocycles. The molecule has 3 rings (SSSR count). The first kappa shape index (κ1) is 13.4. The molecular formula is C17H16N2O2. The largest absolute Gasteiger partial charge is 0.484 e. The van der Waals surface area contributed by atoms with E-state index in [1.54, 1.807) is 0 Å². The summed E-state index contributed by atoms with van der Waals surface area (Å²) in [6.45, 7) is 4.32. The van der Waals surface area contributed by atoms with Gasteiger partial charge in [0, 0.05) is 5.56 Å². The molecule has 1 aromatic heterocycles. The van der Waals surface area contributed by atoms with Gasteiger partial charge in [-0.1, -0.05) is 35.9 Å². The summed E-state index contributed by atoms with van der Waals surface area (Å²) in [7, 11) is 0. The van der Waals surface area contributed by atoms with Crippen LogP contribution in [0.2, 0.25) is 0 Å². The molecule has 0 bridgehead atoms. The van der Waals surface area contributed by atoms with E-state index in [0.29, 0.717) is 11.8 Å². The number of ether oxygens (including phenoxy) is 1. The molecule has 106 valence electrons. The van der Waals surface area contributed by atoms with Gasteiger partial charge in [0.1, 0.15) is 5.75 Å². The predicted molar refractivity (Wildman–Crippen MR) is 80.0 cm³/mol. The van der Waals surface area contributed by atoms with Gasteiger partial charge in [-0.05, 0) is 37.6 Å². The first-order valence-corrected chi connectivity index (χ1v) is 6.80. The molecule has 3 aromatic rings. The third kappa shape index (κ3) is 3.11. The fraction of sp³-hybridized carbons (Fsp3) is 0.176. The van der Waals surface area contributed by atoms with Gasteiger partial charge in [0.25, 0.3) is 5.89 Å². The van der Waals surface area contributed by atoms with Crippen molar-refractivity contribution in [3.63, 3.8) is 0 Å². The molecule has 0 aliphatic carbocycles. The van der Waals surface area contributed by atoms with E-state index in [0.717, 1.165) is 16.9 Å². The summed E-state index contributed by atoms with van der Waals surface area (Å²) in [4.78, 5) is 0. The number of hydrogen-bond acceptors (Lipinski definition) is 4. The Hall–Kier alpha value is -2.62. The quantitative estimate of drug-likeness (QED) is 0.726. The molecule has 0 N–H and O–H groups in total. The van der Waals surface area contributed by atoms with Gasteiger partial charge in [0.15, 0.2) is 6.61 Å². The summed E-state index contributed by atoms with van der Waals surface area (Å²) in [5.41, 5.74) is 3.25. The first-order chi connectivity index (χ1) is 10.2. The highest BCUT2D eigenvalue weighted by molar-refractivity contribution is 5.57. The van der Waals surface area contributed by atoms with E-state index >= 15 is 0 Å². The van der Waals surface area contributed by atoms with E-state index < -0.39 is 0 Å². The lowest BCUT2D eigenvalue weighted by molar-refractivity contribution is 0.264. The van der Waals surface area contributed by atoms with E-state index in [1.165, 1.54) is 5.56 Å². The van der Waals surface area contributed by atoms with Gasteiger partial charge < -0.3 is 9.15 Å². The summed E-state index contributed by atoms with van der Waals surface area (Å²) in [5, 5.41) is 8.10. The second-order valence-corrected chi connectivity index (χ2v) is 4.92. The molecule has 0 unspecified atom stereocenters. The molecule has 0 spiro atoms. The molecule has 0 aliphatic rings. The Morgan fingerprint density at radius 3 is 2.48 bits per heavy atom. The van der Waals surface area contributed by atoms with Crippen molar-refractivity contribution in [3.05, 3.63) is 65.5 Å². The van der Waals surface area contributed by atoms with Gasteiger partial charge in [0.05, 0.1) is 0 Å². The molecular weight excluding hydrogens is 264 g/mol. The third-order valence-electron chi connectivity index (χ3n) is 3.23. The van der Waals surface area contributed by atoms with Crippen molar-refractivity contribution in [1.82, 2.24) is 10.2 Å². The maximum absolute atomic E-state index is 5.65. The van der Waals surface area contributed by atoms with Crippen molar-refractivity contribution in [1.29, 1.82) is 0 Å². The van der Waals surface area contributed by atoms with Gasteiger partial charge >= 0.3 is 0 Å². The molecule has 21 heavy (non-hydrogen) atoms. The van der Waals surface area contributed by atoms with Crippen LogP contribution in [0, 0.1) is 13.8 Å². The molecule has 0 saturated heterocycles. The molecule has 0 saturated carbocycles. The predicted octanol–water partition coefficient (Wildman–Crippen LogP) is 3.93. The van der Waals surface area contributed by atoms with Gasteiger partial charge in [-0.25, -0.2) is 0 Å². The van der Waals surface area contributed by atoms with E-state index in [-0.39, 0.29) is 6.61 Å². The average molecular weight is 280 g/mol. The highest BCUT2D eigenvalue weighted by Crippen LogP contribution is 2.22. The number of hydrogen-bond donors (Lipinski definition) is 0. The van der Waals surface area contributed by atoms with Gasteiger partial charge in [-0.3, -0.25) is 0 Å². The van der Waals surface area contributed by atoms with Crippen molar-refractivity contribution in [2.45, 2.75) is 20.5 Å². The minimum Gasteiger partial charge on any atom is -0.484 e. The topological polar surface area (TPSA) is 48.2 Å². The Morgan fingerprint density at radius 2 is 1.71 bits per heavy atom. The number of aryl methyl sites for hydroxylation is 2. The minimum absolute atomic E-state index is 0.266. The van der Waals surface area contributed by atoms with E-state index in [2.05, 4.69) is 10.2 Å². The standard InChI is InChI=1S/C17H16N2O2/c1-12-7-9-14(10-8-12)20-11-16-18-19-17(21-16)15-6-4-3-5-13(15)2/h3-10H,11H2,1-2H3. The summed E-state index contributed by atoms with van der Waals surface area (Å²) in [6, 6.07) is 15.8. The van der Waals surface area contributed by atoms with Crippen LogP contribution in [0.5, 0.6) is 5.75 Å². The zero-order valence-electron chi connectivity index (χ0n) is 12.0. The van der Waals surface area contributed by atoms with Crippen LogP contribution in [0.15, 0.2) is 52.9 Å². The fourth-order valence-corrected chi connectivity index (χ4v) is 2.01. The monoisotopic (exact) mass is 280 g/mol. The number of aromatic nitrogens is 2. The fourth-order valence-electron chi connectivity index (χ4n) is 2.01. The van der Waals surface area contributed by atoms with Crippen LogP contribution >= 0.6 is 0 Å². The summed E-state index contributed by atoms with van der Waals surface area (Å²) in [5.74, 6) is 1.78. The Labute approximate surface area is 123 Å². The normalized spacial score (nSPS) is 10.6. The highest BCUT2D eigenvalue weighted by Gasteiger charge is 2.10. The Bertz CT molecular complexity index is 733. The van der Waals surface area contributed by atoms with Crippen molar-refractivity contribution in [2.75, 3.05) is 0 Å². The number of nitrogens with zero attached hydrogens (tertiary/aromatic N) is 2. The van der Waals surface area contributed by atoms with E-state index in [4.69, 9.17) is 9.15 Å². The minimum atomic E-state index is 0.266. The lowest BCUT2D eigenvalue weighted by Crippen LogP contribution is -1.95. The van der Waals surface area contributed by atoms with E-state index in [1.807, 2.05) is 62.4 Å². The Morgan fingerprint density at radius 1 is 0.952 bits per heavy atom. The van der Waals surface area contributed by atoms with Crippen LogP contribution in [0.3, 0.4) is 0 Å². The van der Waals surface area contributed by atoms with E-state index in [9.17, 15) is 0 Å². The van der Waals surface area contributed by atoms with Crippen molar-refractivity contribution >= 4 is 0 Å². The smallest absolute Gasteiger partial charge is 0.254 e. The van der Waals surface area contributed by atoms with Crippen LogP contribution in [0.25, 0.3) is 11.5 Å². The SMILES string of the molecule is Cc1ccc(OCc2nnc(-c3ccccc3C)o2)cc1. The van der Waals surface area contributed by atoms with Crippen LogP contribution in [-0.4, -0.2) is 10.2 Å². The molecule has 4 heteroatoms. The second-order valence-electron chi connectivity index (χ2n) is 4.92. The first-order valence-electron chi connectivity index (χ1n) is 6.80. The van der Waals surface area contributed by atoms with Gasteiger partial charge in [0.2, 0.25) is 5.89 Å². The number of rotatable bonds is 4. The van der Waals surface area contributed by atoms with Crippen molar-refractivity contribution in [2.24, 2.45) is 0 Å². The van der Waals surface area contributed by atoms with Crippen molar-refractivity contribution in [3.8, 4) is 17.2 Å². The highest BCUT2D eigenvalue weighted by atomic mass is 16.5. The van der Waals surface area contributed by atoms with Crippen molar-refractivity contribution < 1.29 is 9.15 Å². The molecule has 0 fully saturated rings. The molecule has 0 aliphatic heterocycles. The van der Waals surface area contributed by atoms with Gasteiger partial charge in [-0.15, -0.1) is 10.2 Å². The third-order valence-corrected chi connectivity index (χ3v) is 3.23. The molecule has 1 heterocycles.